The number of fused-ring (bicyclic) bond motifs is 1. The number of halogens is 2. The van der Waals surface area contributed by atoms with E-state index >= 15 is 0 Å². The maximum absolute atomic E-state index is 12.3. The average molecular weight is 525 g/mol. The van der Waals surface area contributed by atoms with Gasteiger partial charge in [0, 0.05) is 5.39 Å². The van der Waals surface area contributed by atoms with Gasteiger partial charge in [0.25, 0.3) is 5.91 Å². The summed E-state index contributed by atoms with van der Waals surface area (Å²) >= 11 is 12.1. The average Bonchev–Trinajstić information content (AvgIpc) is 3.14. The molecule has 2 N–H and O–H groups in total. The molecule has 0 aliphatic heterocycles. The van der Waals surface area contributed by atoms with Gasteiger partial charge in [-0.3, -0.25) is 9.59 Å². The van der Waals surface area contributed by atoms with Crippen molar-refractivity contribution in [3.05, 3.63) is 87.9 Å². The Bertz CT molecular complexity index is 1450. The fourth-order valence-corrected chi connectivity index (χ4v) is 3.98. The minimum atomic E-state index is -0.654. The molecule has 1 aromatic heterocycles. The number of benzene rings is 3. The summed E-state index contributed by atoms with van der Waals surface area (Å²) in [7, 11) is 1.56. The van der Waals surface area contributed by atoms with Gasteiger partial charge >= 0.3 is 0 Å². The predicted molar refractivity (Wildman–Crippen MR) is 138 cm³/mol. The van der Waals surface area contributed by atoms with Crippen LogP contribution in [0.2, 0.25) is 10.0 Å². The van der Waals surface area contributed by atoms with Crippen LogP contribution in [-0.2, 0) is 22.6 Å². The van der Waals surface area contributed by atoms with E-state index in [1.54, 1.807) is 60.2 Å². The molecule has 0 bridgehead atoms. The number of nitrogens with zero attached hydrogens (tertiary/aromatic N) is 3. The van der Waals surface area contributed by atoms with E-state index in [1.165, 1.54) is 0 Å². The summed E-state index contributed by atoms with van der Waals surface area (Å²) in [5.41, 5.74) is 2.46. The Morgan fingerprint density at radius 1 is 1.00 bits per heavy atom. The maximum Gasteiger partial charge on any atom is 0.283 e. The molecule has 4 aromatic rings. The molecule has 0 saturated heterocycles. The number of ether oxygens (including phenoxy) is 1. The zero-order valence-corrected chi connectivity index (χ0v) is 20.8. The van der Waals surface area contributed by atoms with Crippen molar-refractivity contribution in [2.75, 3.05) is 13.7 Å². The number of amides is 2. The predicted octanol–water partition coefficient (Wildman–Crippen LogP) is 5.68. The second-order valence-corrected chi connectivity index (χ2v) is 8.73. The second kappa shape index (κ2) is 11.2. The number of hydrogen-bond acceptors (Lipinski definition) is 5. The molecule has 0 spiro atoms. The molecule has 4 rings (SSSR count). The maximum atomic E-state index is 12.3. The molecule has 0 radical (unpaired) electrons. The lowest BCUT2D eigenvalue weighted by Gasteiger charge is -2.08. The van der Waals surface area contributed by atoms with Crippen LogP contribution in [0.1, 0.15) is 11.1 Å². The van der Waals surface area contributed by atoms with Crippen molar-refractivity contribution in [2.45, 2.75) is 13.0 Å². The van der Waals surface area contributed by atoms with Gasteiger partial charge in [0.1, 0.15) is 12.3 Å². The SMILES string of the molecule is COc1ccc(CC(=O)NCC(=O)N=Nc2c(O)n(Cc3ccc(Cl)c(Cl)c3)c3ccccc23)cc1. The van der Waals surface area contributed by atoms with Gasteiger partial charge in [-0.15, -0.1) is 10.2 Å². The summed E-state index contributed by atoms with van der Waals surface area (Å²) < 4.78 is 6.74. The van der Waals surface area contributed by atoms with Crippen LogP contribution >= 0.6 is 23.2 Å². The molecule has 0 aliphatic carbocycles. The van der Waals surface area contributed by atoms with E-state index in [1.807, 2.05) is 18.2 Å². The monoisotopic (exact) mass is 524 g/mol. The summed E-state index contributed by atoms with van der Waals surface area (Å²) in [6.45, 7) is -0.0186. The Morgan fingerprint density at radius 2 is 1.72 bits per heavy atom. The smallest absolute Gasteiger partial charge is 0.283 e. The topological polar surface area (TPSA) is 105 Å². The van der Waals surface area contributed by atoms with Gasteiger partial charge in [-0.2, -0.15) is 0 Å². The van der Waals surface area contributed by atoms with Crippen molar-refractivity contribution in [1.82, 2.24) is 9.88 Å². The lowest BCUT2D eigenvalue weighted by molar-refractivity contribution is -0.124. The first-order valence-corrected chi connectivity index (χ1v) is 11.7. The summed E-state index contributed by atoms with van der Waals surface area (Å²) in [5.74, 6) is -0.442. The van der Waals surface area contributed by atoms with Gasteiger partial charge in [0.15, 0.2) is 5.69 Å². The van der Waals surface area contributed by atoms with Gasteiger partial charge < -0.3 is 19.7 Å². The number of azo groups is 1. The highest BCUT2D eigenvalue weighted by atomic mass is 35.5. The molecule has 0 aliphatic rings. The van der Waals surface area contributed by atoms with E-state index in [-0.39, 0.29) is 30.4 Å². The van der Waals surface area contributed by atoms with Crippen molar-refractivity contribution < 1.29 is 19.4 Å². The highest BCUT2D eigenvalue weighted by Crippen LogP contribution is 2.39. The van der Waals surface area contributed by atoms with E-state index in [4.69, 9.17) is 27.9 Å². The van der Waals surface area contributed by atoms with Crippen LogP contribution in [0.25, 0.3) is 10.9 Å². The van der Waals surface area contributed by atoms with E-state index in [0.29, 0.717) is 33.2 Å². The zero-order valence-electron chi connectivity index (χ0n) is 19.2. The van der Waals surface area contributed by atoms with Crippen LogP contribution in [0.5, 0.6) is 11.6 Å². The van der Waals surface area contributed by atoms with Gasteiger partial charge in [-0.25, -0.2) is 0 Å². The summed E-state index contributed by atoms with van der Waals surface area (Å²) in [6, 6.07) is 19.5. The van der Waals surface area contributed by atoms with Crippen LogP contribution < -0.4 is 10.1 Å². The number of carbonyl (C=O) groups is 2. The van der Waals surface area contributed by atoms with Gasteiger partial charge in [-0.1, -0.05) is 59.6 Å². The fraction of sp³-hybridized carbons (Fsp3) is 0.154. The molecule has 0 fully saturated rings. The van der Waals surface area contributed by atoms with E-state index < -0.39 is 5.91 Å². The molecule has 10 heteroatoms. The van der Waals surface area contributed by atoms with Crippen LogP contribution in [0.15, 0.2) is 77.0 Å². The molecule has 36 heavy (non-hydrogen) atoms. The number of methoxy groups -OCH3 is 1. The first kappa shape index (κ1) is 25.2. The number of carbonyl (C=O) groups excluding carboxylic acids is 2. The van der Waals surface area contributed by atoms with E-state index in [0.717, 1.165) is 11.1 Å². The molecular weight excluding hydrogens is 503 g/mol. The number of hydrogen-bond donors (Lipinski definition) is 2. The van der Waals surface area contributed by atoms with Gasteiger partial charge in [0.2, 0.25) is 11.8 Å². The molecule has 0 atom stereocenters. The molecule has 0 saturated carbocycles. The molecule has 3 aromatic carbocycles. The highest BCUT2D eigenvalue weighted by Gasteiger charge is 2.17. The van der Waals surface area contributed by atoms with Crippen LogP contribution in [0, 0.1) is 0 Å². The van der Waals surface area contributed by atoms with Crippen molar-refractivity contribution in [2.24, 2.45) is 10.2 Å². The van der Waals surface area contributed by atoms with Crippen molar-refractivity contribution >= 4 is 51.6 Å². The standard InChI is InChI=1S/C26H22Cl2N4O4/c1-36-18-9-6-16(7-10-18)13-23(33)29-14-24(34)30-31-25-19-4-2-3-5-22(19)32(26(25)35)15-17-8-11-20(27)21(28)12-17/h2-12,35H,13-15H2,1H3,(H,29,33). The quantitative estimate of drug-likeness (QED) is 0.289. The number of aromatic nitrogens is 1. The van der Waals surface area contributed by atoms with E-state index in [2.05, 4.69) is 15.5 Å². The summed E-state index contributed by atoms with van der Waals surface area (Å²) in [4.78, 5) is 24.4. The third kappa shape index (κ3) is 5.84. The molecule has 1 heterocycles. The lowest BCUT2D eigenvalue weighted by Crippen LogP contribution is -2.29. The van der Waals surface area contributed by atoms with Crippen LogP contribution in [0.3, 0.4) is 0 Å². The van der Waals surface area contributed by atoms with Crippen molar-refractivity contribution in [3.63, 3.8) is 0 Å². The van der Waals surface area contributed by atoms with Gasteiger partial charge in [-0.05, 0) is 41.5 Å². The molecule has 184 valence electrons. The number of aromatic hydroxyl groups is 1. The Labute approximate surface area is 217 Å². The third-order valence-electron chi connectivity index (χ3n) is 5.46. The van der Waals surface area contributed by atoms with Crippen molar-refractivity contribution in [1.29, 1.82) is 0 Å². The Kier molecular flexibility index (Phi) is 7.87. The minimum Gasteiger partial charge on any atom is -0.497 e. The first-order valence-electron chi connectivity index (χ1n) is 10.9. The zero-order chi connectivity index (χ0) is 25.7. The second-order valence-electron chi connectivity index (χ2n) is 7.92. The van der Waals surface area contributed by atoms with E-state index in [9.17, 15) is 14.7 Å². The molecule has 2 amide bonds. The largest absolute Gasteiger partial charge is 0.497 e. The molecular formula is C26H22Cl2N4O4. The molecule has 8 nitrogen and oxygen atoms in total. The normalized spacial score (nSPS) is 11.2. The van der Waals surface area contributed by atoms with Crippen LogP contribution in [0.4, 0.5) is 5.69 Å². The van der Waals surface area contributed by atoms with Gasteiger partial charge in [0.05, 0.1) is 35.6 Å². The Morgan fingerprint density at radius 3 is 2.44 bits per heavy atom. The molecule has 0 unspecified atom stereocenters. The highest BCUT2D eigenvalue weighted by molar-refractivity contribution is 6.42. The van der Waals surface area contributed by atoms with Crippen LogP contribution in [-0.4, -0.2) is 35.1 Å². The lowest BCUT2D eigenvalue weighted by atomic mass is 10.1. The summed E-state index contributed by atoms with van der Waals surface area (Å²) in [5, 5.41) is 22.6. The minimum absolute atomic E-state index is 0.109. The third-order valence-corrected chi connectivity index (χ3v) is 6.20. The first-order chi connectivity index (χ1) is 17.4. The number of nitrogens with one attached hydrogen (secondary N) is 1. The number of para-hydroxylation sites is 1. The number of rotatable bonds is 8. The fourth-order valence-electron chi connectivity index (χ4n) is 3.66. The Balaban J connectivity index is 1.45. The van der Waals surface area contributed by atoms with Crippen molar-refractivity contribution in [3.8, 4) is 11.6 Å². The Hall–Kier alpha value is -3.88. The summed E-state index contributed by atoms with van der Waals surface area (Å²) in [6.07, 6.45) is 0.109.